The Bertz CT molecular complexity index is 631. The van der Waals surface area contributed by atoms with E-state index in [0.717, 1.165) is 11.3 Å². The molecule has 4 nitrogen and oxygen atoms in total. The molecule has 0 spiro atoms. The van der Waals surface area contributed by atoms with Crippen LogP contribution >= 0.6 is 0 Å². The van der Waals surface area contributed by atoms with Crippen LogP contribution in [0.5, 0.6) is 0 Å². The highest BCUT2D eigenvalue weighted by atomic mass is 16.1. The molecule has 0 atom stereocenters. The molecule has 0 aliphatic rings. The molecule has 1 aromatic carbocycles. The molecule has 19 heavy (non-hydrogen) atoms. The van der Waals surface area contributed by atoms with Gasteiger partial charge >= 0.3 is 0 Å². The summed E-state index contributed by atoms with van der Waals surface area (Å²) in [4.78, 5) is 13.2. The van der Waals surface area contributed by atoms with Gasteiger partial charge in [-0.2, -0.15) is 9.90 Å². The largest absolute Gasteiger partial charge is 0.293 e. The zero-order valence-corrected chi connectivity index (χ0v) is 10.9. The van der Waals surface area contributed by atoms with Crippen molar-refractivity contribution >= 4 is 5.78 Å². The van der Waals surface area contributed by atoms with Crippen molar-refractivity contribution < 1.29 is 4.79 Å². The van der Waals surface area contributed by atoms with E-state index in [1.165, 1.54) is 11.7 Å². The van der Waals surface area contributed by atoms with Crippen molar-refractivity contribution in [2.45, 2.75) is 13.8 Å². The molecule has 0 bridgehead atoms. The summed E-state index contributed by atoms with van der Waals surface area (Å²) < 4.78 is 0. The van der Waals surface area contributed by atoms with Gasteiger partial charge in [-0.15, -0.1) is 5.10 Å². The number of nitrogens with zero attached hydrogens (tertiary/aromatic N) is 3. The lowest BCUT2D eigenvalue weighted by molar-refractivity contribution is 0.101. The molecule has 0 radical (unpaired) electrons. The maximum absolute atomic E-state index is 11.7. The summed E-state index contributed by atoms with van der Waals surface area (Å²) in [5, 5.41) is 8.57. The van der Waals surface area contributed by atoms with Crippen LogP contribution in [-0.2, 0) is 0 Å². The van der Waals surface area contributed by atoms with E-state index < -0.39 is 0 Å². The molecule has 2 rings (SSSR count). The maximum atomic E-state index is 11.7. The SMILES string of the molecule is CC(=O)c1nn(-c2ccccc2)nccccc1C. The minimum absolute atomic E-state index is 0.0832. The van der Waals surface area contributed by atoms with Gasteiger partial charge in [0.15, 0.2) is 5.78 Å². The van der Waals surface area contributed by atoms with Crippen LogP contribution in [0.2, 0.25) is 0 Å². The Morgan fingerprint density at radius 2 is 1.74 bits per heavy atom. The van der Waals surface area contributed by atoms with Gasteiger partial charge < -0.3 is 0 Å². The van der Waals surface area contributed by atoms with E-state index >= 15 is 0 Å². The lowest BCUT2D eigenvalue weighted by Gasteiger charge is -2.02. The molecule has 2 aromatic rings. The van der Waals surface area contributed by atoms with Gasteiger partial charge in [-0.05, 0) is 30.7 Å². The summed E-state index contributed by atoms with van der Waals surface area (Å²) in [6.45, 7) is 3.36. The monoisotopic (exact) mass is 253 g/mol. The average molecular weight is 253 g/mol. The third-order valence-corrected chi connectivity index (χ3v) is 2.61. The molecule has 0 saturated carbocycles. The number of Topliss-reactive ketones (excluding diaryl/α,β-unsaturated/α-hetero) is 1. The van der Waals surface area contributed by atoms with Gasteiger partial charge in [0, 0.05) is 13.1 Å². The molecule has 0 N–H and O–H groups in total. The first kappa shape index (κ1) is 13.0. The second-order valence-corrected chi connectivity index (χ2v) is 4.13. The van der Waals surface area contributed by atoms with Gasteiger partial charge in [-0.3, -0.25) is 4.79 Å². The fourth-order valence-corrected chi connectivity index (χ4v) is 1.66. The summed E-state index contributed by atoms with van der Waals surface area (Å²) in [6, 6.07) is 15.0. The number of hydrogen-bond donors (Lipinski definition) is 0. The van der Waals surface area contributed by atoms with Crippen molar-refractivity contribution in [3.8, 4) is 5.69 Å². The van der Waals surface area contributed by atoms with Gasteiger partial charge in [0.25, 0.3) is 0 Å². The molecule has 1 heterocycles. The lowest BCUT2D eigenvalue weighted by atomic mass is 10.2. The number of aryl methyl sites for hydroxylation is 1. The zero-order chi connectivity index (χ0) is 13.7. The highest BCUT2D eigenvalue weighted by molar-refractivity contribution is 5.93. The number of benzene rings is 1. The normalized spacial score (nSPS) is 9.79. The summed E-state index contributed by atoms with van der Waals surface area (Å²) in [5.41, 5.74) is 2.03. The number of rotatable bonds is 2. The molecular weight excluding hydrogens is 238 g/mol. The van der Waals surface area contributed by atoms with E-state index in [1.54, 1.807) is 12.3 Å². The third kappa shape index (κ3) is 3.25. The fourth-order valence-electron chi connectivity index (χ4n) is 1.66. The predicted octanol–water partition coefficient (Wildman–Crippen LogP) is 2.90. The van der Waals surface area contributed by atoms with E-state index in [9.17, 15) is 4.79 Å². The zero-order valence-electron chi connectivity index (χ0n) is 10.9. The maximum Gasteiger partial charge on any atom is 0.180 e. The topological polar surface area (TPSA) is 47.8 Å². The Balaban J connectivity index is 2.72. The van der Waals surface area contributed by atoms with Gasteiger partial charge in [-0.25, -0.2) is 0 Å². The molecule has 0 aliphatic heterocycles. The van der Waals surface area contributed by atoms with E-state index in [1.807, 2.05) is 49.4 Å². The number of hydrogen-bond acceptors (Lipinski definition) is 3. The average Bonchev–Trinajstić information content (AvgIpc) is 2.50. The van der Waals surface area contributed by atoms with Gasteiger partial charge in [0.1, 0.15) is 5.69 Å². The standard InChI is InChI=1S/C15H15N3O/c1-12-8-6-7-11-16-18(17-15(12)13(2)19)14-9-4-3-5-10-14/h3-11H,1-2H3. The minimum atomic E-state index is -0.0832. The molecule has 0 unspecified atom stereocenters. The highest BCUT2D eigenvalue weighted by Crippen LogP contribution is 2.05. The molecule has 96 valence electrons. The van der Waals surface area contributed by atoms with Crippen LogP contribution in [0.25, 0.3) is 5.69 Å². The van der Waals surface area contributed by atoms with E-state index in [4.69, 9.17) is 0 Å². The molecule has 0 saturated heterocycles. The molecule has 0 amide bonds. The Morgan fingerprint density at radius 1 is 1.05 bits per heavy atom. The molecular formula is C15H15N3O. The predicted molar refractivity (Wildman–Crippen MR) is 73.7 cm³/mol. The van der Waals surface area contributed by atoms with E-state index in [0.29, 0.717) is 5.69 Å². The molecule has 4 heteroatoms. The van der Waals surface area contributed by atoms with Crippen molar-refractivity contribution in [3.05, 3.63) is 66.0 Å². The van der Waals surface area contributed by atoms with Crippen LogP contribution in [0.3, 0.4) is 0 Å². The second kappa shape index (κ2) is 5.91. The Hall–Kier alpha value is -2.49. The van der Waals surface area contributed by atoms with Crippen LogP contribution in [0, 0.1) is 6.92 Å². The number of carbonyl (C=O) groups excluding carboxylic acids is 1. The van der Waals surface area contributed by atoms with Crippen molar-refractivity contribution in [1.82, 2.24) is 15.0 Å². The minimum Gasteiger partial charge on any atom is -0.293 e. The molecule has 1 aromatic heterocycles. The van der Waals surface area contributed by atoms with Crippen molar-refractivity contribution in [1.29, 1.82) is 0 Å². The molecule has 0 fully saturated rings. The number of ketones is 1. The summed E-state index contributed by atoms with van der Waals surface area (Å²) in [7, 11) is 0. The Labute approximate surface area is 112 Å². The lowest BCUT2D eigenvalue weighted by Crippen LogP contribution is -2.08. The van der Waals surface area contributed by atoms with E-state index in [2.05, 4.69) is 10.2 Å². The first-order valence-corrected chi connectivity index (χ1v) is 6.01. The fraction of sp³-hybridized carbons (Fsp3) is 0.133. The number of carbonyl (C=O) groups is 1. The third-order valence-electron chi connectivity index (χ3n) is 2.61. The van der Waals surface area contributed by atoms with Crippen LogP contribution in [0.15, 0.2) is 54.7 Å². The number of para-hydroxylation sites is 1. The number of aromatic nitrogens is 3. The van der Waals surface area contributed by atoms with Crippen LogP contribution in [0.1, 0.15) is 23.0 Å². The van der Waals surface area contributed by atoms with Gasteiger partial charge in [-0.1, -0.05) is 30.3 Å². The smallest absolute Gasteiger partial charge is 0.180 e. The van der Waals surface area contributed by atoms with Gasteiger partial charge in [0.2, 0.25) is 0 Å². The van der Waals surface area contributed by atoms with E-state index in [-0.39, 0.29) is 5.78 Å². The highest BCUT2D eigenvalue weighted by Gasteiger charge is 2.05. The first-order valence-electron chi connectivity index (χ1n) is 6.01. The van der Waals surface area contributed by atoms with Crippen LogP contribution < -0.4 is 0 Å². The summed E-state index contributed by atoms with van der Waals surface area (Å²) in [5.74, 6) is -0.0832. The molecule has 0 aliphatic carbocycles. The Kier molecular flexibility index (Phi) is 4.03. The first-order chi connectivity index (χ1) is 9.18. The van der Waals surface area contributed by atoms with Crippen molar-refractivity contribution in [3.63, 3.8) is 0 Å². The van der Waals surface area contributed by atoms with Crippen molar-refractivity contribution in [2.75, 3.05) is 0 Å². The van der Waals surface area contributed by atoms with Crippen molar-refractivity contribution in [2.24, 2.45) is 0 Å². The van der Waals surface area contributed by atoms with Crippen LogP contribution in [0.4, 0.5) is 0 Å². The summed E-state index contributed by atoms with van der Waals surface area (Å²) >= 11 is 0. The van der Waals surface area contributed by atoms with Crippen LogP contribution in [-0.4, -0.2) is 20.8 Å². The second-order valence-electron chi connectivity index (χ2n) is 4.13. The van der Waals surface area contributed by atoms with Gasteiger partial charge in [0.05, 0.1) is 5.69 Å². The summed E-state index contributed by atoms with van der Waals surface area (Å²) in [6.07, 6.45) is 1.64. The Morgan fingerprint density at radius 3 is 2.42 bits per heavy atom. The quantitative estimate of drug-likeness (QED) is 0.773.